The van der Waals surface area contributed by atoms with E-state index >= 15 is 0 Å². The normalized spacial score (nSPS) is 10.6. The molecule has 0 aliphatic heterocycles. The van der Waals surface area contributed by atoms with Gasteiger partial charge in [-0.3, -0.25) is 9.69 Å². The average molecular weight is 217 g/mol. The van der Waals surface area contributed by atoms with Crippen LogP contribution in [0, 0.1) is 5.92 Å². The van der Waals surface area contributed by atoms with Crippen LogP contribution in [0.3, 0.4) is 0 Å². The molecular weight excluding hydrogens is 198 g/mol. The van der Waals surface area contributed by atoms with Crippen molar-refractivity contribution in [2.45, 2.75) is 13.8 Å². The van der Waals surface area contributed by atoms with E-state index in [2.05, 4.69) is 19.2 Å². The van der Waals surface area contributed by atoms with Gasteiger partial charge in [0.15, 0.2) is 0 Å². The molecule has 14 heavy (non-hydrogen) atoms. The Morgan fingerprint density at radius 3 is 2.50 bits per heavy atom. The monoisotopic (exact) mass is 217 g/mol. The Morgan fingerprint density at radius 1 is 1.50 bits per heavy atom. The number of nitrogens with zero attached hydrogens (tertiary/aromatic N) is 1. The summed E-state index contributed by atoms with van der Waals surface area (Å²) in [4.78, 5) is 13.5. The second-order valence-corrected chi connectivity index (χ2v) is 4.36. The summed E-state index contributed by atoms with van der Waals surface area (Å²) in [6, 6.07) is 0. The lowest BCUT2D eigenvalue weighted by Gasteiger charge is -2.15. The second kappa shape index (κ2) is 6.73. The van der Waals surface area contributed by atoms with Gasteiger partial charge in [0.2, 0.25) is 5.91 Å². The van der Waals surface area contributed by atoms with Gasteiger partial charge in [0.05, 0.1) is 11.5 Å². The summed E-state index contributed by atoms with van der Waals surface area (Å²) in [6.07, 6.45) is 0. The van der Waals surface area contributed by atoms with E-state index in [4.69, 9.17) is 18.0 Å². The Hall–Kier alpha value is -0.680. The number of likely N-dealkylation sites (N-methyl/N-ethyl adjacent to an activating group) is 1. The fourth-order valence-electron chi connectivity index (χ4n) is 0.941. The Morgan fingerprint density at radius 2 is 2.07 bits per heavy atom. The van der Waals surface area contributed by atoms with E-state index < -0.39 is 0 Å². The summed E-state index contributed by atoms with van der Waals surface area (Å²) < 4.78 is 0. The minimum atomic E-state index is 0.0115. The molecule has 0 unspecified atom stereocenters. The smallest absolute Gasteiger partial charge is 0.234 e. The highest BCUT2D eigenvalue weighted by Gasteiger charge is 2.06. The molecule has 4 nitrogen and oxygen atoms in total. The van der Waals surface area contributed by atoms with E-state index in [-0.39, 0.29) is 5.91 Å². The van der Waals surface area contributed by atoms with Crippen molar-refractivity contribution in [1.82, 2.24) is 10.2 Å². The van der Waals surface area contributed by atoms with E-state index in [1.54, 1.807) is 4.90 Å². The van der Waals surface area contributed by atoms with Crippen molar-refractivity contribution >= 4 is 23.1 Å². The maximum Gasteiger partial charge on any atom is 0.234 e. The number of nitrogens with two attached hydrogens (primary N) is 1. The van der Waals surface area contributed by atoms with Crippen molar-refractivity contribution in [3.63, 3.8) is 0 Å². The summed E-state index contributed by atoms with van der Waals surface area (Å²) in [5, 5.41) is 2.82. The molecule has 0 heterocycles. The number of amides is 1. The first kappa shape index (κ1) is 13.3. The van der Waals surface area contributed by atoms with Gasteiger partial charge in [-0.25, -0.2) is 0 Å². The first-order valence-corrected chi connectivity index (χ1v) is 5.06. The van der Waals surface area contributed by atoms with Crippen molar-refractivity contribution in [2.24, 2.45) is 11.7 Å². The fourth-order valence-corrected chi connectivity index (χ4v) is 1.16. The molecule has 0 aromatic carbocycles. The van der Waals surface area contributed by atoms with E-state index in [1.807, 2.05) is 7.05 Å². The highest BCUT2D eigenvalue weighted by Crippen LogP contribution is 1.88. The van der Waals surface area contributed by atoms with Crippen molar-refractivity contribution in [3.8, 4) is 0 Å². The number of rotatable bonds is 6. The minimum Gasteiger partial charge on any atom is -0.392 e. The van der Waals surface area contributed by atoms with Crippen LogP contribution in [-0.2, 0) is 4.79 Å². The minimum absolute atomic E-state index is 0.0115. The van der Waals surface area contributed by atoms with Crippen LogP contribution >= 0.6 is 12.2 Å². The third-order valence-corrected chi connectivity index (χ3v) is 1.68. The van der Waals surface area contributed by atoms with E-state index in [9.17, 15) is 4.79 Å². The molecule has 0 spiro atoms. The lowest BCUT2D eigenvalue weighted by Crippen LogP contribution is -2.39. The fraction of sp³-hybridized carbons (Fsp3) is 0.778. The highest BCUT2D eigenvalue weighted by atomic mass is 32.1. The molecule has 0 atom stereocenters. The summed E-state index contributed by atoms with van der Waals surface area (Å²) in [5.41, 5.74) is 5.35. The first-order chi connectivity index (χ1) is 6.41. The van der Waals surface area contributed by atoms with E-state index in [1.165, 1.54) is 0 Å². The quantitative estimate of drug-likeness (QED) is 0.614. The van der Waals surface area contributed by atoms with E-state index in [0.717, 1.165) is 0 Å². The molecule has 5 heteroatoms. The van der Waals surface area contributed by atoms with Crippen LogP contribution in [0.2, 0.25) is 0 Å². The summed E-state index contributed by atoms with van der Waals surface area (Å²) in [6.45, 7) is 5.63. The maximum absolute atomic E-state index is 11.3. The van der Waals surface area contributed by atoms with Gasteiger partial charge in [0.25, 0.3) is 0 Å². The van der Waals surface area contributed by atoms with Gasteiger partial charge in [-0.15, -0.1) is 0 Å². The molecule has 0 saturated heterocycles. The Kier molecular flexibility index (Phi) is 6.40. The van der Waals surface area contributed by atoms with Crippen LogP contribution in [0.25, 0.3) is 0 Å². The topological polar surface area (TPSA) is 58.4 Å². The second-order valence-electron chi connectivity index (χ2n) is 3.84. The van der Waals surface area contributed by atoms with Gasteiger partial charge in [-0.1, -0.05) is 26.1 Å². The third kappa shape index (κ3) is 7.94. The zero-order valence-electron chi connectivity index (χ0n) is 9.04. The van der Waals surface area contributed by atoms with Crippen LogP contribution in [0.1, 0.15) is 13.8 Å². The Balaban J connectivity index is 3.66. The molecule has 0 aliphatic rings. The summed E-state index contributed by atoms with van der Waals surface area (Å²) >= 11 is 4.74. The van der Waals surface area contributed by atoms with Crippen LogP contribution in [0.4, 0.5) is 0 Å². The van der Waals surface area contributed by atoms with Crippen LogP contribution in [0.15, 0.2) is 0 Å². The predicted octanol–water partition coefficient (Wildman–Crippen LogP) is -0.0235. The molecule has 0 aromatic rings. The van der Waals surface area contributed by atoms with Gasteiger partial charge in [0, 0.05) is 13.1 Å². The standard InChI is InChI=1S/C9H19N3OS/c1-7(2)4-11-9(13)6-12(3)5-8(10)14/h7H,4-6H2,1-3H3,(H2,10,14)(H,11,13). The van der Waals surface area contributed by atoms with Gasteiger partial charge >= 0.3 is 0 Å². The molecule has 82 valence electrons. The first-order valence-electron chi connectivity index (χ1n) is 4.65. The molecule has 0 aliphatic carbocycles. The number of hydrogen-bond donors (Lipinski definition) is 2. The van der Waals surface area contributed by atoms with Gasteiger partial charge in [-0.05, 0) is 13.0 Å². The summed E-state index contributed by atoms with van der Waals surface area (Å²) in [7, 11) is 1.81. The Bertz CT molecular complexity index is 206. The third-order valence-electron chi connectivity index (χ3n) is 1.55. The zero-order chi connectivity index (χ0) is 11.1. The average Bonchev–Trinajstić information content (AvgIpc) is 1.98. The zero-order valence-corrected chi connectivity index (χ0v) is 9.86. The predicted molar refractivity (Wildman–Crippen MR) is 62.1 cm³/mol. The molecular formula is C9H19N3OS. The lowest BCUT2D eigenvalue weighted by molar-refractivity contribution is -0.121. The number of carbonyl (C=O) groups is 1. The molecule has 1 amide bonds. The molecule has 0 bridgehead atoms. The van der Waals surface area contributed by atoms with Crippen molar-refractivity contribution in [2.75, 3.05) is 26.7 Å². The van der Waals surface area contributed by atoms with Crippen molar-refractivity contribution in [3.05, 3.63) is 0 Å². The molecule has 3 N–H and O–H groups in total. The lowest BCUT2D eigenvalue weighted by atomic mass is 10.2. The number of carbonyl (C=O) groups excluding carboxylic acids is 1. The SMILES string of the molecule is CC(C)CNC(=O)CN(C)CC(N)=S. The van der Waals surface area contributed by atoms with Crippen molar-refractivity contribution in [1.29, 1.82) is 0 Å². The maximum atomic E-state index is 11.3. The van der Waals surface area contributed by atoms with Crippen LogP contribution < -0.4 is 11.1 Å². The van der Waals surface area contributed by atoms with E-state index in [0.29, 0.717) is 30.5 Å². The molecule has 0 fully saturated rings. The van der Waals surface area contributed by atoms with Gasteiger partial charge in [-0.2, -0.15) is 0 Å². The number of nitrogens with one attached hydrogen (secondary N) is 1. The van der Waals surface area contributed by atoms with Crippen LogP contribution in [0.5, 0.6) is 0 Å². The molecule has 0 radical (unpaired) electrons. The summed E-state index contributed by atoms with van der Waals surface area (Å²) in [5.74, 6) is 0.484. The molecule has 0 aromatic heterocycles. The number of hydrogen-bond acceptors (Lipinski definition) is 3. The molecule has 0 rings (SSSR count). The van der Waals surface area contributed by atoms with Crippen molar-refractivity contribution < 1.29 is 4.79 Å². The molecule has 0 saturated carbocycles. The van der Waals surface area contributed by atoms with Gasteiger partial charge in [0.1, 0.15) is 0 Å². The van der Waals surface area contributed by atoms with Crippen LogP contribution in [-0.4, -0.2) is 42.5 Å². The van der Waals surface area contributed by atoms with Gasteiger partial charge < -0.3 is 11.1 Å². The highest BCUT2D eigenvalue weighted by molar-refractivity contribution is 7.80. The number of thiocarbonyl (C=S) groups is 1. The largest absolute Gasteiger partial charge is 0.392 e. The Labute approximate surface area is 90.8 Å².